The number of ether oxygens (including phenoxy) is 2. The molecule has 0 saturated heterocycles. The first-order valence-corrected chi connectivity index (χ1v) is 6.21. The minimum Gasteiger partial charge on any atom is -0.469 e. The average Bonchev–Trinajstić information content (AvgIpc) is 3.20. The van der Waals surface area contributed by atoms with Gasteiger partial charge in [-0.3, -0.25) is 9.59 Å². The molecule has 1 saturated carbocycles. The zero-order valence-electron chi connectivity index (χ0n) is 11.6. The van der Waals surface area contributed by atoms with Gasteiger partial charge in [-0.15, -0.1) is 12.4 Å². The van der Waals surface area contributed by atoms with E-state index < -0.39 is 18.0 Å². The molecule has 0 radical (unpaired) electrons. The van der Waals surface area contributed by atoms with Gasteiger partial charge in [-0.1, -0.05) is 0 Å². The molecule has 20 heavy (non-hydrogen) atoms. The molecule has 1 fully saturated rings. The van der Waals surface area contributed by atoms with Crippen molar-refractivity contribution in [1.29, 1.82) is 0 Å². The van der Waals surface area contributed by atoms with Crippen LogP contribution in [0.15, 0.2) is 0 Å². The molecule has 1 aliphatic carbocycles. The van der Waals surface area contributed by atoms with Gasteiger partial charge in [0.1, 0.15) is 6.04 Å². The topological polar surface area (TPSA) is 93.7 Å². The quantitative estimate of drug-likeness (QED) is 0.594. The van der Waals surface area contributed by atoms with E-state index in [0.717, 1.165) is 6.54 Å². The third-order valence-corrected chi connectivity index (χ3v) is 2.83. The van der Waals surface area contributed by atoms with Crippen molar-refractivity contribution in [2.75, 3.05) is 27.3 Å². The van der Waals surface area contributed by atoms with E-state index in [9.17, 15) is 14.4 Å². The molecule has 116 valence electrons. The van der Waals surface area contributed by atoms with E-state index in [0.29, 0.717) is 5.92 Å². The molecule has 0 aromatic heterocycles. The number of nitrogens with one attached hydrogen (secondary N) is 2. The van der Waals surface area contributed by atoms with Crippen LogP contribution in [-0.4, -0.2) is 51.2 Å². The molecular weight excluding hydrogens is 288 g/mol. The number of methoxy groups -OCH3 is 2. The van der Waals surface area contributed by atoms with Crippen LogP contribution in [0.2, 0.25) is 0 Å². The van der Waals surface area contributed by atoms with Gasteiger partial charge in [-0.05, 0) is 25.3 Å². The van der Waals surface area contributed by atoms with Crippen LogP contribution in [0.4, 0.5) is 0 Å². The fraction of sp³-hybridized carbons (Fsp3) is 0.750. The van der Waals surface area contributed by atoms with Gasteiger partial charge in [0.2, 0.25) is 5.91 Å². The molecule has 0 bridgehead atoms. The maximum Gasteiger partial charge on any atom is 0.328 e. The minimum absolute atomic E-state index is 0. The predicted octanol–water partition coefficient (Wildman–Crippen LogP) is -0.371. The molecule has 0 aromatic rings. The van der Waals surface area contributed by atoms with Gasteiger partial charge >= 0.3 is 11.9 Å². The van der Waals surface area contributed by atoms with Crippen LogP contribution < -0.4 is 10.6 Å². The number of amides is 1. The van der Waals surface area contributed by atoms with E-state index in [1.807, 2.05) is 0 Å². The van der Waals surface area contributed by atoms with Crippen LogP contribution >= 0.6 is 12.4 Å². The zero-order valence-corrected chi connectivity index (χ0v) is 12.5. The standard InChI is InChI=1S/C12H20N2O5.ClH/c1-18-11(16)5-9(12(17)19-2)14-10(15)7-13-6-8-3-4-8;/h8-9,13H,3-7H2,1-2H3,(H,14,15);1H. The molecular formula is C12H21ClN2O5. The number of halogens is 1. The first-order valence-electron chi connectivity index (χ1n) is 6.21. The fourth-order valence-electron chi connectivity index (χ4n) is 1.54. The van der Waals surface area contributed by atoms with Crippen molar-refractivity contribution in [3.63, 3.8) is 0 Å². The number of hydrogen-bond acceptors (Lipinski definition) is 6. The summed E-state index contributed by atoms with van der Waals surface area (Å²) >= 11 is 0. The molecule has 0 heterocycles. The van der Waals surface area contributed by atoms with Crippen molar-refractivity contribution in [2.24, 2.45) is 5.92 Å². The van der Waals surface area contributed by atoms with Gasteiger partial charge in [0.15, 0.2) is 0 Å². The van der Waals surface area contributed by atoms with Gasteiger partial charge in [0, 0.05) is 0 Å². The van der Waals surface area contributed by atoms with Crippen LogP contribution in [-0.2, 0) is 23.9 Å². The summed E-state index contributed by atoms with van der Waals surface area (Å²) in [5.74, 6) is -0.929. The highest BCUT2D eigenvalue weighted by molar-refractivity contribution is 5.88. The molecule has 0 spiro atoms. The van der Waals surface area contributed by atoms with Crippen molar-refractivity contribution >= 4 is 30.3 Å². The van der Waals surface area contributed by atoms with E-state index in [2.05, 4.69) is 20.1 Å². The lowest BCUT2D eigenvalue weighted by Crippen LogP contribution is -2.46. The normalized spacial score (nSPS) is 14.7. The monoisotopic (exact) mass is 308 g/mol. The first kappa shape index (κ1) is 18.7. The summed E-state index contributed by atoms with van der Waals surface area (Å²) in [4.78, 5) is 34.2. The summed E-state index contributed by atoms with van der Waals surface area (Å²) in [6, 6.07) is -1.01. The van der Waals surface area contributed by atoms with E-state index in [1.165, 1.54) is 27.1 Å². The molecule has 1 aliphatic rings. The Morgan fingerprint density at radius 3 is 2.35 bits per heavy atom. The summed E-state index contributed by atoms with van der Waals surface area (Å²) in [5.41, 5.74) is 0. The third-order valence-electron chi connectivity index (χ3n) is 2.83. The number of carbonyl (C=O) groups is 3. The Morgan fingerprint density at radius 1 is 1.20 bits per heavy atom. The molecule has 1 unspecified atom stereocenters. The van der Waals surface area contributed by atoms with Crippen LogP contribution in [0.1, 0.15) is 19.3 Å². The van der Waals surface area contributed by atoms with Gasteiger partial charge in [0.05, 0.1) is 27.2 Å². The Labute approximate surface area is 124 Å². The van der Waals surface area contributed by atoms with Gasteiger partial charge in [0.25, 0.3) is 0 Å². The lowest BCUT2D eigenvalue weighted by molar-refractivity contribution is -0.150. The van der Waals surface area contributed by atoms with Crippen LogP contribution in [0.3, 0.4) is 0 Å². The smallest absolute Gasteiger partial charge is 0.328 e. The maximum atomic E-state index is 11.6. The summed E-state index contributed by atoms with van der Waals surface area (Å²) in [5, 5.41) is 5.45. The van der Waals surface area contributed by atoms with Gasteiger partial charge < -0.3 is 20.1 Å². The summed E-state index contributed by atoms with van der Waals surface area (Å²) < 4.78 is 8.99. The van der Waals surface area contributed by atoms with E-state index in [1.54, 1.807) is 0 Å². The van der Waals surface area contributed by atoms with Crippen molar-refractivity contribution in [1.82, 2.24) is 10.6 Å². The Hall–Kier alpha value is -1.34. The Bertz CT molecular complexity index is 347. The predicted molar refractivity (Wildman–Crippen MR) is 73.4 cm³/mol. The summed E-state index contributed by atoms with van der Waals surface area (Å²) in [6.07, 6.45) is 2.15. The number of esters is 2. The van der Waals surface area contributed by atoms with Crippen LogP contribution in [0.25, 0.3) is 0 Å². The average molecular weight is 309 g/mol. The second-order valence-corrected chi connectivity index (χ2v) is 4.50. The Morgan fingerprint density at radius 2 is 1.85 bits per heavy atom. The molecule has 0 aromatic carbocycles. The first-order chi connectivity index (χ1) is 9.06. The highest BCUT2D eigenvalue weighted by atomic mass is 35.5. The second-order valence-electron chi connectivity index (χ2n) is 4.50. The second kappa shape index (κ2) is 9.55. The fourth-order valence-corrected chi connectivity index (χ4v) is 1.54. The SMILES string of the molecule is COC(=O)CC(NC(=O)CNCC1CC1)C(=O)OC.Cl. The van der Waals surface area contributed by atoms with Gasteiger partial charge in [-0.2, -0.15) is 0 Å². The lowest BCUT2D eigenvalue weighted by atomic mass is 10.2. The Balaban J connectivity index is 0.00000361. The molecule has 1 rings (SSSR count). The number of carbonyl (C=O) groups excluding carboxylic acids is 3. The molecule has 8 heteroatoms. The highest BCUT2D eigenvalue weighted by Gasteiger charge is 2.25. The van der Waals surface area contributed by atoms with Crippen molar-refractivity contribution in [2.45, 2.75) is 25.3 Å². The third kappa shape index (κ3) is 7.30. The molecule has 1 amide bonds. The number of rotatable bonds is 8. The zero-order chi connectivity index (χ0) is 14.3. The van der Waals surface area contributed by atoms with Crippen molar-refractivity contribution < 1.29 is 23.9 Å². The van der Waals surface area contributed by atoms with E-state index in [4.69, 9.17) is 0 Å². The number of hydrogen-bond donors (Lipinski definition) is 2. The molecule has 7 nitrogen and oxygen atoms in total. The Kier molecular flexibility index (Phi) is 8.91. The van der Waals surface area contributed by atoms with E-state index >= 15 is 0 Å². The van der Waals surface area contributed by atoms with Crippen LogP contribution in [0, 0.1) is 5.92 Å². The molecule has 2 N–H and O–H groups in total. The molecule has 1 atom stereocenters. The molecule has 0 aliphatic heterocycles. The van der Waals surface area contributed by atoms with Crippen LogP contribution in [0.5, 0.6) is 0 Å². The highest BCUT2D eigenvalue weighted by Crippen LogP contribution is 2.27. The summed E-state index contributed by atoms with van der Waals surface area (Å²) in [7, 11) is 2.42. The minimum atomic E-state index is -1.01. The van der Waals surface area contributed by atoms with Gasteiger partial charge in [-0.25, -0.2) is 4.79 Å². The van der Waals surface area contributed by atoms with E-state index in [-0.39, 0.29) is 31.3 Å². The summed E-state index contributed by atoms with van der Waals surface area (Å²) in [6.45, 7) is 0.915. The van der Waals surface area contributed by atoms with Crippen molar-refractivity contribution in [3.8, 4) is 0 Å². The van der Waals surface area contributed by atoms with Crippen molar-refractivity contribution in [3.05, 3.63) is 0 Å². The largest absolute Gasteiger partial charge is 0.469 e. The lowest BCUT2D eigenvalue weighted by Gasteiger charge is -2.15. The maximum absolute atomic E-state index is 11.6.